The van der Waals surface area contributed by atoms with E-state index in [-0.39, 0.29) is 17.0 Å². The Morgan fingerprint density at radius 3 is 2.66 bits per heavy atom. The molecule has 1 amide bonds. The smallest absolute Gasteiger partial charge is 0.320 e. The number of benzene rings is 1. The zero-order valence-electron chi connectivity index (χ0n) is 14.9. The molecule has 1 aromatic carbocycles. The Morgan fingerprint density at radius 2 is 1.97 bits per heavy atom. The molecule has 3 heterocycles. The highest BCUT2D eigenvalue weighted by Crippen LogP contribution is 2.33. The predicted octanol–water partition coefficient (Wildman–Crippen LogP) is 5.45. The molecule has 0 spiro atoms. The molecule has 0 unspecified atom stereocenters. The lowest BCUT2D eigenvalue weighted by atomic mass is 10.2. The Balaban J connectivity index is 1.78. The maximum atomic E-state index is 13.6. The number of amides is 1. The van der Waals surface area contributed by atoms with Gasteiger partial charge in [-0.2, -0.15) is 18.3 Å². The first-order chi connectivity index (χ1) is 13.9. The van der Waals surface area contributed by atoms with E-state index in [9.17, 15) is 18.0 Å². The zero-order chi connectivity index (χ0) is 20.6. The van der Waals surface area contributed by atoms with Crippen molar-refractivity contribution in [3.63, 3.8) is 0 Å². The van der Waals surface area contributed by atoms with E-state index in [2.05, 4.69) is 15.4 Å². The minimum absolute atomic E-state index is 0.0495. The van der Waals surface area contributed by atoms with E-state index < -0.39 is 17.8 Å². The Labute approximate surface area is 171 Å². The van der Waals surface area contributed by atoms with Crippen LogP contribution >= 0.6 is 23.1 Å². The summed E-state index contributed by atoms with van der Waals surface area (Å²) in [6, 6.07) is 12.8. The number of fused-ring (bicyclic) bond motifs is 1. The van der Waals surface area contributed by atoms with Gasteiger partial charge in [0.2, 0.25) is 0 Å². The highest BCUT2D eigenvalue weighted by molar-refractivity contribution is 7.98. The fourth-order valence-electron chi connectivity index (χ4n) is 2.77. The van der Waals surface area contributed by atoms with Crippen LogP contribution in [0.3, 0.4) is 0 Å². The van der Waals surface area contributed by atoms with Gasteiger partial charge in [0.25, 0.3) is 5.91 Å². The molecular formula is C19H13F3N4OS2. The van der Waals surface area contributed by atoms with Gasteiger partial charge >= 0.3 is 6.18 Å². The van der Waals surface area contributed by atoms with Gasteiger partial charge in [0.1, 0.15) is 0 Å². The topological polar surface area (TPSA) is 59.3 Å². The molecule has 29 heavy (non-hydrogen) atoms. The van der Waals surface area contributed by atoms with Crippen LogP contribution in [0.1, 0.15) is 16.2 Å². The average molecular weight is 434 g/mol. The van der Waals surface area contributed by atoms with Crippen molar-refractivity contribution in [2.24, 2.45) is 0 Å². The molecule has 1 N–H and O–H groups in total. The van der Waals surface area contributed by atoms with Gasteiger partial charge in [0, 0.05) is 11.0 Å². The largest absolute Gasteiger partial charge is 0.433 e. The number of hydrogen-bond acceptors (Lipinski definition) is 5. The summed E-state index contributed by atoms with van der Waals surface area (Å²) in [7, 11) is 0. The van der Waals surface area contributed by atoms with E-state index in [1.54, 1.807) is 29.6 Å². The molecule has 4 aromatic rings. The molecule has 0 bridgehead atoms. The van der Waals surface area contributed by atoms with Gasteiger partial charge in [-0.3, -0.25) is 4.79 Å². The van der Waals surface area contributed by atoms with E-state index >= 15 is 0 Å². The van der Waals surface area contributed by atoms with Crippen LogP contribution in [0, 0.1) is 0 Å². The third-order valence-electron chi connectivity index (χ3n) is 4.08. The predicted molar refractivity (Wildman–Crippen MR) is 107 cm³/mol. The van der Waals surface area contributed by atoms with Crippen LogP contribution in [0.2, 0.25) is 0 Å². The molecule has 0 radical (unpaired) electrons. The van der Waals surface area contributed by atoms with E-state index in [1.807, 2.05) is 18.4 Å². The van der Waals surface area contributed by atoms with E-state index in [0.717, 1.165) is 11.0 Å². The van der Waals surface area contributed by atoms with Crippen LogP contribution in [-0.4, -0.2) is 26.8 Å². The molecule has 4 rings (SSSR count). The highest BCUT2D eigenvalue weighted by Gasteiger charge is 2.35. The number of rotatable bonds is 4. The lowest BCUT2D eigenvalue weighted by molar-refractivity contribution is -0.142. The van der Waals surface area contributed by atoms with E-state index in [4.69, 9.17) is 0 Å². The number of hydrogen-bond donors (Lipinski definition) is 1. The Bertz CT molecular complexity index is 1190. The minimum atomic E-state index is -4.65. The molecule has 0 atom stereocenters. The second-order valence-corrected chi connectivity index (χ2v) is 7.75. The van der Waals surface area contributed by atoms with Crippen LogP contribution in [0.15, 0.2) is 58.8 Å². The molecule has 0 aliphatic carbocycles. The molecular weight excluding hydrogens is 421 g/mol. The Morgan fingerprint density at radius 1 is 1.17 bits per heavy atom. The van der Waals surface area contributed by atoms with Crippen molar-refractivity contribution in [3.05, 3.63) is 65.3 Å². The van der Waals surface area contributed by atoms with Gasteiger partial charge in [0.05, 0.1) is 16.3 Å². The summed E-state index contributed by atoms with van der Waals surface area (Å²) in [5, 5.41) is 8.33. The number of carbonyl (C=O) groups excluding carboxylic acids is 1. The van der Waals surface area contributed by atoms with Gasteiger partial charge in [-0.15, -0.1) is 23.1 Å². The van der Waals surface area contributed by atoms with Crippen molar-refractivity contribution >= 4 is 40.3 Å². The van der Waals surface area contributed by atoms with Gasteiger partial charge < -0.3 is 5.32 Å². The molecule has 3 aromatic heterocycles. The summed E-state index contributed by atoms with van der Waals surface area (Å²) in [6.07, 6.45) is -2.79. The Hall–Kier alpha value is -2.85. The van der Waals surface area contributed by atoms with Crippen LogP contribution in [0.4, 0.5) is 18.9 Å². The molecule has 0 aliphatic heterocycles. The van der Waals surface area contributed by atoms with Crippen LogP contribution < -0.4 is 5.32 Å². The first-order valence-electron chi connectivity index (χ1n) is 8.33. The highest BCUT2D eigenvalue weighted by atomic mass is 32.2. The maximum absolute atomic E-state index is 13.6. The number of thiophene rings is 1. The summed E-state index contributed by atoms with van der Waals surface area (Å²) >= 11 is 2.73. The van der Waals surface area contributed by atoms with Crippen molar-refractivity contribution in [2.45, 2.75) is 11.1 Å². The molecule has 0 fully saturated rings. The number of halogens is 3. The van der Waals surface area contributed by atoms with Gasteiger partial charge in [0.15, 0.2) is 17.0 Å². The van der Waals surface area contributed by atoms with Gasteiger partial charge in [-0.25, -0.2) is 9.50 Å². The van der Waals surface area contributed by atoms with Crippen molar-refractivity contribution in [1.82, 2.24) is 14.6 Å². The average Bonchev–Trinajstić information content (AvgIpc) is 3.36. The second-order valence-electron chi connectivity index (χ2n) is 5.96. The number of nitrogens with one attached hydrogen (secondary N) is 1. The van der Waals surface area contributed by atoms with Gasteiger partial charge in [-0.05, 0) is 35.9 Å². The summed E-state index contributed by atoms with van der Waals surface area (Å²) in [6.45, 7) is 0. The molecule has 0 aliphatic rings. The van der Waals surface area contributed by atoms with E-state index in [0.29, 0.717) is 15.1 Å². The fourth-order valence-corrected chi connectivity index (χ4v) is 4.01. The van der Waals surface area contributed by atoms with Gasteiger partial charge in [-0.1, -0.05) is 18.2 Å². The number of anilines is 1. The SMILES string of the molecule is CSc1ccccc1NC(=O)c1cc2nc(-c3cccs3)cc(C(F)(F)F)n2n1. The normalized spacial score (nSPS) is 11.7. The summed E-state index contributed by atoms with van der Waals surface area (Å²) in [5.74, 6) is -0.609. The lowest BCUT2D eigenvalue weighted by Crippen LogP contribution is -2.16. The molecule has 0 saturated carbocycles. The number of carbonyl (C=O) groups is 1. The number of para-hydroxylation sites is 1. The standard InChI is InChI=1S/C19H13F3N4OS2/c1-28-14-6-3-2-5-11(14)24-18(27)13-10-17-23-12(15-7-4-8-29-15)9-16(19(20,21)22)26(17)25-13/h2-10H,1H3,(H,24,27). The van der Waals surface area contributed by atoms with Crippen molar-refractivity contribution in [2.75, 3.05) is 11.6 Å². The zero-order valence-corrected chi connectivity index (χ0v) is 16.5. The first kappa shape index (κ1) is 19.5. The molecule has 0 saturated heterocycles. The monoisotopic (exact) mass is 434 g/mol. The third-order valence-corrected chi connectivity index (χ3v) is 5.77. The minimum Gasteiger partial charge on any atom is -0.320 e. The molecule has 148 valence electrons. The van der Waals surface area contributed by atoms with Crippen molar-refractivity contribution < 1.29 is 18.0 Å². The maximum Gasteiger partial charge on any atom is 0.433 e. The quantitative estimate of drug-likeness (QED) is 0.434. The number of thioether (sulfide) groups is 1. The van der Waals surface area contributed by atoms with Crippen LogP contribution in [0.5, 0.6) is 0 Å². The number of aromatic nitrogens is 3. The summed E-state index contributed by atoms with van der Waals surface area (Å²) in [5.41, 5.74) is -0.451. The lowest BCUT2D eigenvalue weighted by Gasteiger charge is -2.10. The van der Waals surface area contributed by atoms with E-state index in [1.165, 1.54) is 29.2 Å². The third kappa shape index (κ3) is 3.85. The first-order valence-corrected chi connectivity index (χ1v) is 10.4. The number of alkyl halides is 3. The van der Waals surface area contributed by atoms with Crippen LogP contribution in [-0.2, 0) is 6.18 Å². The number of nitrogens with zero attached hydrogens (tertiary/aromatic N) is 3. The summed E-state index contributed by atoms with van der Waals surface area (Å²) < 4.78 is 41.5. The molecule has 10 heteroatoms. The molecule has 5 nitrogen and oxygen atoms in total. The van der Waals surface area contributed by atoms with Crippen LogP contribution in [0.25, 0.3) is 16.2 Å². The fraction of sp³-hybridized carbons (Fsp3) is 0.105. The Kier molecular flexibility index (Phi) is 5.05. The summed E-state index contributed by atoms with van der Waals surface area (Å²) in [4.78, 5) is 18.3. The van der Waals surface area contributed by atoms with Crippen molar-refractivity contribution in [3.8, 4) is 10.6 Å². The second kappa shape index (κ2) is 7.53. The van der Waals surface area contributed by atoms with Crippen molar-refractivity contribution in [1.29, 1.82) is 0 Å².